The van der Waals surface area contributed by atoms with E-state index < -0.39 is 0 Å². The van der Waals surface area contributed by atoms with Crippen molar-refractivity contribution in [2.24, 2.45) is 10.9 Å². The molecule has 1 aromatic heterocycles. The topological polar surface area (TPSA) is 31.4 Å². The van der Waals surface area contributed by atoms with E-state index in [1.165, 1.54) is 27.6 Å². The Balaban J connectivity index is 1.50. The van der Waals surface area contributed by atoms with Crippen molar-refractivity contribution in [1.82, 2.24) is 9.88 Å². The second-order valence-corrected chi connectivity index (χ2v) is 9.07. The molecule has 2 aliphatic heterocycles. The van der Waals surface area contributed by atoms with E-state index >= 15 is 0 Å². The van der Waals surface area contributed by atoms with Gasteiger partial charge in [0.05, 0.1) is 5.69 Å². The fraction of sp³-hybridized carbons (Fsp3) is 0.207. The Labute approximate surface area is 189 Å². The second kappa shape index (κ2) is 7.61. The van der Waals surface area contributed by atoms with Crippen LogP contribution in [0.2, 0.25) is 0 Å². The lowest BCUT2D eigenvalue weighted by atomic mass is 9.59. The Morgan fingerprint density at radius 3 is 2.62 bits per heavy atom. The first kappa shape index (κ1) is 19.3. The summed E-state index contributed by atoms with van der Waals surface area (Å²) < 4.78 is 0. The van der Waals surface area contributed by atoms with Gasteiger partial charge in [-0.05, 0) is 28.8 Å². The number of likely N-dealkylation sites (tertiary alicyclic amines) is 1. The molecule has 0 unspecified atom stereocenters. The van der Waals surface area contributed by atoms with Gasteiger partial charge in [-0.1, -0.05) is 72.8 Å². The molecule has 0 bridgehead atoms. The molecule has 158 valence electrons. The molecule has 3 atom stereocenters. The van der Waals surface area contributed by atoms with Crippen LogP contribution < -0.4 is 0 Å². The number of fused-ring (bicyclic) bond motifs is 3. The van der Waals surface area contributed by atoms with Crippen LogP contribution in [-0.2, 0) is 12.0 Å². The normalized spacial score (nSPS) is 24.8. The van der Waals surface area contributed by atoms with Gasteiger partial charge in [-0.15, -0.1) is 6.58 Å². The minimum Gasteiger partial charge on any atom is -0.361 e. The molecule has 32 heavy (non-hydrogen) atoms. The van der Waals surface area contributed by atoms with Gasteiger partial charge >= 0.3 is 0 Å². The molecular formula is C29H27N3. The summed E-state index contributed by atoms with van der Waals surface area (Å²) in [6, 6.07) is 28.1. The van der Waals surface area contributed by atoms with Crippen molar-refractivity contribution in [3.05, 3.63) is 114 Å². The molecule has 0 aliphatic carbocycles. The Morgan fingerprint density at radius 2 is 1.75 bits per heavy atom. The van der Waals surface area contributed by atoms with E-state index in [4.69, 9.17) is 4.99 Å². The van der Waals surface area contributed by atoms with Crippen molar-refractivity contribution in [2.75, 3.05) is 13.1 Å². The summed E-state index contributed by atoms with van der Waals surface area (Å²) in [4.78, 5) is 11.0. The van der Waals surface area contributed by atoms with Gasteiger partial charge in [0.1, 0.15) is 0 Å². The molecule has 1 fully saturated rings. The molecule has 0 radical (unpaired) electrons. The van der Waals surface area contributed by atoms with Crippen LogP contribution in [0.15, 0.2) is 103 Å². The third-order valence-electron chi connectivity index (χ3n) is 7.40. The van der Waals surface area contributed by atoms with Crippen molar-refractivity contribution >= 4 is 22.8 Å². The van der Waals surface area contributed by atoms with Gasteiger partial charge in [-0.25, -0.2) is 0 Å². The lowest BCUT2D eigenvalue weighted by Crippen LogP contribution is -2.54. The molecule has 6 rings (SSSR count). The minimum atomic E-state index is -0.184. The van der Waals surface area contributed by atoms with E-state index in [1.54, 1.807) is 0 Å². The maximum atomic E-state index is 4.92. The third kappa shape index (κ3) is 2.89. The van der Waals surface area contributed by atoms with Crippen LogP contribution in [0, 0.1) is 5.92 Å². The highest BCUT2D eigenvalue weighted by Crippen LogP contribution is 2.54. The number of aromatic nitrogens is 1. The Hall–Kier alpha value is -3.43. The van der Waals surface area contributed by atoms with E-state index in [1.807, 2.05) is 0 Å². The SMILES string of the molecule is C=C[C@@H]1CN(Cc2ccccc2)C[C@H](c2c[nH]c3ccccc23)[C@]12C=Nc1ccccc12. The Morgan fingerprint density at radius 1 is 0.969 bits per heavy atom. The van der Waals surface area contributed by atoms with Crippen LogP contribution in [0.1, 0.15) is 22.6 Å². The molecular weight excluding hydrogens is 390 g/mol. The van der Waals surface area contributed by atoms with E-state index in [2.05, 4.69) is 114 Å². The number of piperidine rings is 1. The molecule has 1 N–H and O–H groups in total. The molecule has 0 saturated carbocycles. The lowest BCUT2D eigenvalue weighted by Gasteiger charge is -2.49. The molecule has 3 heterocycles. The van der Waals surface area contributed by atoms with E-state index in [9.17, 15) is 0 Å². The average Bonchev–Trinajstić information content (AvgIpc) is 3.44. The van der Waals surface area contributed by atoms with Gasteiger partial charge in [0.15, 0.2) is 0 Å². The molecule has 2 aliphatic rings. The highest BCUT2D eigenvalue weighted by atomic mass is 15.1. The van der Waals surface area contributed by atoms with E-state index in [-0.39, 0.29) is 17.3 Å². The van der Waals surface area contributed by atoms with Crippen molar-refractivity contribution in [3.63, 3.8) is 0 Å². The largest absolute Gasteiger partial charge is 0.361 e. The van der Waals surface area contributed by atoms with Crippen LogP contribution in [0.25, 0.3) is 10.9 Å². The molecule has 3 heteroatoms. The number of nitrogens with one attached hydrogen (secondary N) is 1. The van der Waals surface area contributed by atoms with Gasteiger partial charge < -0.3 is 4.98 Å². The molecule has 0 amide bonds. The number of para-hydroxylation sites is 2. The number of benzene rings is 3. The van der Waals surface area contributed by atoms with E-state index in [0.717, 1.165) is 25.3 Å². The summed E-state index contributed by atoms with van der Waals surface area (Å²) >= 11 is 0. The van der Waals surface area contributed by atoms with Crippen LogP contribution in [0.3, 0.4) is 0 Å². The van der Waals surface area contributed by atoms with Crippen molar-refractivity contribution in [1.29, 1.82) is 0 Å². The van der Waals surface area contributed by atoms with Gasteiger partial charge in [0.25, 0.3) is 0 Å². The molecule has 1 saturated heterocycles. The predicted molar refractivity (Wildman–Crippen MR) is 133 cm³/mol. The maximum Gasteiger partial charge on any atom is 0.0667 e. The predicted octanol–water partition coefficient (Wildman–Crippen LogP) is 6.22. The monoisotopic (exact) mass is 417 g/mol. The molecule has 3 nitrogen and oxygen atoms in total. The lowest BCUT2D eigenvalue weighted by molar-refractivity contribution is 0.126. The van der Waals surface area contributed by atoms with Gasteiger partial charge in [-0.2, -0.15) is 0 Å². The van der Waals surface area contributed by atoms with Crippen molar-refractivity contribution in [3.8, 4) is 0 Å². The van der Waals surface area contributed by atoms with Gasteiger partial charge in [-0.3, -0.25) is 9.89 Å². The fourth-order valence-electron chi connectivity index (χ4n) is 5.92. The summed E-state index contributed by atoms with van der Waals surface area (Å²) in [7, 11) is 0. The molecule has 4 aromatic rings. The third-order valence-corrected chi connectivity index (χ3v) is 7.40. The van der Waals surface area contributed by atoms with Crippen molar-refractivity contribution in [2.45, 2.75) is 17.9 Å². The summed E-state index contributed by atoms with van der Waals surface area (Å²) in [5, 5.41) is 1.30. The van der Waals surface area contributed by atoms with Gasteiger partial charge in [0, 0.05) is 60.2 Å². The summed E-state index contributed by atoms with van der Waals surface area (Å²) in [6.45, 7) is 7.19. The van der Waals surface area contributed by atoms with E-state index in [0.29, 0.717) is 0 Å². The molecule has 1 spiro atoms. The van der Waals surface area contributed by atoms with Crippen LogP contribution in [0.5, 0.6) is 0 Å². The first-order valence-corrected chi connectivity index (χ1v) is 11.4. The van der Waals surface area contributed by atoms with Crippen LogP contribution in [0.4, 0.5) is 5.69 Å². The van der Waals surface area contributed by atoms with Gasteiger partial charge in [0.2, 0.25) is 0 Å². The zero-order valence-electron chi connectivity index (χ0n) is 18.1. The number of nitrogens with zero attached hydrogens (tertiary/aromatic N) is 2. The number of rotatable bonds is 4. The number of aliphatic imine (C=N–C) groups is 1. The maximum absolute atomic E-state index is 4.92. The molecule has 3 aromatic carbocycles. The second-order valence-electron chi connectivity index (χ2n) is 9.07. The van der Waals surface area contributed by atoms with Crippen molar-refractivity contribution < 1.29 is 0 Å². The highest BCUT2D eigenvalue weighted by Gasteiger charge is 2.52. The Bertz CT molecular complexity index is 1300. The smallest absolute Gasteiger partial charge is 0.0667 e. The zero-order valence-corrected chi connectivity index (χ0v) is 18.1. The summed E-state index contributed by atoms with van der Waals surface area (Å²) in [5.41, 5.74) is 6.16. The van der Waals surface area contributed by atoms with Crippen LogP contribution in [-0.4, -0.2) is 29.2 Å². The fourth-order valence-corrected chi connectivity index (χ4v) is 5.92. The highest BCUT2D eigenvalue weighted by molar-refractivity contribution is 5.90. The quantitative estimate of drug-likeness (QED) is 0.393. The number of aromatic amines is 1. The van der Waals surface area contributed by atoms with Crippen LogP contribution >= 0.6 is 0 Å². The standard InChI is InChI=1S/C29H27N3/c1-2-22-18-32(17-21-10-4-3-5-11-21)19-26(24-16-30-27-14-8-6-12-23(24)27)29(22)20-31-28-15-9-7-13-25(28)29/h2-16,20,22,26,30H,1,17-19H2/t22-,26-,29-/m1/s1. The Kier molecular flexibility index (Phi) is 4.58. The first-order valence-electron chi connectivity index (χ1n) is 11.4. The number of hydrogen-bond donors (Lipinski definition) is 1. The minimum absolute atomic E-state index is 0.184. The zero-order chi connectivity index (χ0) is 21.5. The number of H-pyrrole nitrogens is 1. The summed E-state index contributed by atoms with van der Waals surface area (Å²) in [5.74, 6) is 0.539. The first-order chi connectivity index (χ1) is 15.8. The summed E-state index contributed by atoms with van der Waals surface area (Å²) in [6.07, 6.45) is 6.61. The average molecular weight is 418 g/mol. The number of hydrogen-bond acceptors (Lipinski definition) is 2.